The maximum atomic E-state index is 5.14. The van der Waals surface area contributed by atoms with Crippen molar-refractivity contribution < 1.29 is 0 Å². The van der Waals surface area contributed by atoms with Crippen LogP contribution in [-0.4, -0.2) is 13.1 Å². The topological polar surface area (TPSA) is 12.0 Å². The fraction of sp³-hybridized carbons (Fsp3) is 0.333. The molecule has 0 radical (unpaired) electrons. The van der Waals surface area contributed by atoms with E-state index in [0.29, 0.717) is 12.5 Å². The van der Waals surface area contributed by atoms with Crippen LogP contribution in [0.15, 0.2) is 30.3 Å². The molecule has 0 spiro atoms. The van der Waals surface area contributed by atoms with Crippen molar-refractivity contribution in [1.29, 1.82) is 0 Å². The Hall–Kier alpha value is -0.970. The summed E-state index contributed by atoms with van der Waals surface area (Å²) in [5.41, 5.74) is 1.35. The lowest BCUT2D eigenvalue weighted by Gasteiger charge is -2.11. The number of hydrogen-bond donors (Lipinski definition) is 1. The van der Waals surface area contributed by atoms with Gasteiger partial charge in [0.25, 0.3) is 0 Å². The minimum atomic E-state index is 0. The summed E-state index contributed by atoms with van der Waals surface area (Å²) in [6.45, 7) is 3.78. The van der Waals surface area contributed by atoms with Crippen molar-refractivity contribution in [3.63, 3.8) is 0 Å². The van der Waals surface area contributed by atoms with Crippen LogP contribution in [0, 0.1) is 12.3 Å². The molecule has 0 saturated heterocycles. The van der Waals surface area contributed by atoms with E-state index in [0.717, 1.165) is 6.54 Å². The molecule has 1 aromatic carbocycles. The van der Waals surface area contributed by atoms with E-state index in [1.54, 1.807) is 0 Å². The highest BCUT2D eigenvalue weighted by molar-refractivity contribution is 5.85. The first-order chi connectivity index (χ1) is 6.34. The number of nitrogens with one attached hydrogen (secondary N) is 1. The highest BCUT2D eigenvalue weighted by atomic mass is 35.5. The first-order valence-corrected chi connectivity index (χ1v) is 4.53. The minimum absolute atomic E-state index is 0. The van der Waals surface area contributed by atoms with Crippen molar-refractivity contribution in [1.82, 2.24) is 5.32 Å². The van der Waals surface area contributed by atoms with Crippen LogP contribution < -0.4 is 5.32 Å². The Morgan fingerprint density at radius 2 is 2.00 bits per heavy atom. The summed E-state index contributed by atoms with van der Waals surface area (Å²) in [6, 6.07) is 10.4. The van der Waals surface area contributed by atoms with Gasteiger partial charge in [-0.2, -0.15) is 0 Å². The summed E-state index contributed by atoms with van der Waals surface area (Å²) < 4.78 is 0. The van der Waals surface area contributed by atoms with Crippen molar-refractivity contribution in [3.05, 3.63) is 35.9 Å². The third-order valence-electron chi connectivity index (χ3n) is 2.05. The highest BCUT2D eigenvalue weighted by Gasteiger charge is 2.02. The molecule has 1 nitrogen and oxygen atoms in total. The van der Waals surface area contributed by atoms with E-state index in [9.17, 15) is 0 Å². The quantitative estimate of drug-likeness (QED) is 0.594. The maximum absolute atomic E-state index is 5.14. The molecular weight excluding hydrogens is 194 g/mol. The van der Waals surface area contributed by atoms with Gasteiger partial charge in [-0.05, 0) is 11.5 Å². The van der Waals surface area contributed by atoms with Gasteiger partial charge in [0.15, 0.2) is 0 Å². The van der Waals surface area contributed by atoms with E-state index in [4.69, 9.17) is 6.42 Å². The average Bonchev–Trinajstić information content (AvgIpc) is 2.19. The molecule has 1 atom stereocenters. The zero-order valence-electron chi connectivity index (χ0n) is 8.36. The van der Waals surface area contributed by atoms with Crippen LogP contribution in [0.5, 0.6) is 0 Å². The first kappa shape index (κ1) is 13.0. The van der Waals surface area contributed by atoms with Gasteiger partial charge in [0.05, 0.1) is 6.54 Å². The van der Waals surface area contributed by atoms with Crippen LogP contribution in [0.25, 0.3) is 0 Å². The standard InChI is InChI=1S/C12H15N.ClH/c1-3-9-13-10-11(2)12-7-5-4-6-8-12;/h1,4-8,11,13H,9-10H2,2H3;1H/t11-;/m0./s1. The maximum Gasteiger partial charge on any atom is 0.0574 e. The average molecular weight is 210 g/mol. The summed E-state index contributed by atoms with van der Waals surface area (Å²) in [4.78, 5) is 0. The Balaban J connectivity index is 0.00000169. The molecule has 0 heterocycles. The van der Waals surface area contributed by atoms with Gasteiger partial charge >= 0.3 is 0 Å². The first-order valence-electron chi connectivity index (χ1n) is 4.53. The van der Waals surface area contributed by atoms with Gasteiger partial charge < -0.3 is 5.32 Å². The second kappa shape index (κ2) is 7.44. The molecule has 0 bridgehead atoms. The number of halogens is 1. The van der Waals surface area contributed by atoms with Crippen LogP contribution in [0.3, 0.4) is 0 Å². The van der Waals surface area contributed by atoms with E-state index < -0.39 is 0 Å². The molecule has 76 valence electrons. The summed E-state index contributed by atoms with van der Waals surface area (Å²) in [5.74, 6) is 3.09. The fourth-order valence-electron chi connectivity index (χ4n) is 1.26. The largest absolute Gasteiger partial charge is 0.306 e. The normalized spacial score (nSPS) is 11.1. The Kier molecular flexibility index (Phi) is 6.92. The smallest absolute Gasteiger partial charge is 0.0574 e. The summed E-state index contributed by atoms with van der Waals surface area (Å²) in [5, 5.41) is 3.20. The van der Waals surface area contributed by atoms with E-state index in [1.165, 1.54) is 5.56 Å². The van der Waals surface area contributed by atoms with Gasteiger partial charge in [-0.1, -0.05) is 43.2 Å². The van der Waals surface area contributed by atoms with Crippen molar-refractivity contribution in [2.24, 2.45) is 0 Å². The van der Waals surface area contributed by atoms with E-state index >= 15 is 0 Å². The lowest BCUT2D eigenvalue weighted by atomic mass is 10.0. The third kappa shape index (κ3) is 4.32. The lowest BCUT2D eigenvalue weighted by Crippen LogP contribution is -2.20. The van der Waals surface area contributed by atoms with E-state index in [-0.39, 0.29) is 12.4 Å². The Morgan fingerprint density at radius 1 is 1.36 bits per heavy atom. The number of rotatable bonds is 4. The molecule has 1 rings (SSSR count). The molecule has 0 aliphatic heterocycles. The molecule has 1 aromatic rings. The van der Waals surface area contributed by atoms with Crippen molar-refractivity contribution >= 4 is 12.4 Å². The lowest BCUT2D eigenvalue weighted by molar-refractivity contribution is 0.656. The molecule has 14 heavy (non-hydrogen) atoms. The van der Waals surface area contributed by atoms with Crippen molar-refractivity contribution in [2.75, 3.05) is 13.1 Å². The molecule has 0 aromatic heterocycles. The van der Waals surface area contributed by atoms with Gasteiger partial charge in [0.1, 0.15) is 0 Å². The number of hydrogen-bond acceptors (Lipinski definition) is 1. The van der Waals surface area contributed by atoms with Crippen LogP contribution in [-0.2, 0) is 0 Å². The molecule has 2 heteroatoms. The van der Waals surface area contributed by atoms with Crippen LogP contribution >= 0.6 is 12.4 Å². The minimum Gasteiger partial charge on any atom is -0.306 e. The van der Waals surface area contributed by atoms with Crippen molar-refractivity contribution in [2.45, 2.75) is 12.8 Å². The van der Waals surface area contributed by atoms with Crippen LogP contribution in [0.1, 0.15) is 18.4 Å². The van der Waals surface area contributed by atoms with Gasteiger partial charge in [0.2, 0.25) is 0 Å². The zero-order chi connectivity index (χ0) is 9.52. The highest BCUT2D eigenvalue weighted by Crippen LogP contribution is 2.12. The van der Waals surface area contributed by atoms with Gasteiger partial charge in [-0.25, -0.2) is 0 Å². The second-order valence-corrected chi connectivity index (χ2v) is 3.15. The Morgan fingerprint density at radius 3 is 2.57 bits per heavy atom. The fourth-order valence-corrected chi connectivity index (χ4v) is 1.26. The second-order valence-electron chi connectivity index (χ2n) is 3.15. The molecular formula is C12H16ClN. The van der Waals surface area contributed by atoms with Gasteiger partial charge in [0, 0.05) is 6.54 Å². The predicted molar refractivity (Wildman–Crippen MR) is 63.8 cm³/mol. The molecule has 0 aliphatic carbocycles. The molecule has 0 saturated carbocycles. The number of benzene rings is 1. The SMILES string of the molecule is C#CCNC[C@H](C)c1ccccc1.Cl. The van der Waals surface area contributed by atoms with Gasteiger partial charge in [-0.15, -0.1) is 18.8 Å². The Bertz CT molecular complexity index is 276. The zero-order valence-corrected chi connectivity index (χ0v) is 9.18. The van der Waals surface area contributed by atoms with Gasteiger partial charge in [-0.3, -0.25) is 0 Å². The third-order valence-corrected chi connectivity index (χ3v) is 2.05. The molecule has 0 amide bonds. The monoisotopic (exact) mass is 209 g/mol. The van der Waals surface area contributed by atoms with Crippen LogP contribution in [0.4, 0.5) is 0 Å². The summed E-state index contributed by atoms with van der Waals surface area (Å²) in [7, 11) is 0. The molecule has 0 unspecified atom stereocenters. The summed E-state index contributed by atoms with van der Waals surface area (Å²) >= 11 is 0. The Labute approximate surface area is 92.3 Å². The molecule has 1 N–H and O–H groups in total. The predicted octanol–water partition coefficient (Wildman–Crippen LogP) is 2.43. The summed E-state index contributed by atoms with van der Waals surface area (Å²) in [6.07, 6.45) is 5.14. The van der Waals surface area contributed by atoms with Crippen molar-refractivity contribution in [3.8, 4) is 12.3 Å². The molecule has 0 fully saturated rings. The van der Waals surface area contributed by atoms with E-state index in [1.807, 2.05) is 6.07 Å². The molecule has 0 aliphatic rings. The number of terminal acetylenes is 1. The van der Waals surface area contributed by atoms with Crippen LogP contribution in [0.2, 0.25) is 0 Å². The van der Waals surface area contributed by atoms with E-state index in [2.05, 4.69) is 42.4 Å².